The molecule has 1 aliphatic heterocycles. The van der Waals surface area contributed by atoms with E-state index in [4.69, 9.17) is 16.6 Å². The van der Waals surface area contributed by atoms with Crippen LogP contribution >= 0.6 is 12.2 Å². The third-order valence-corrected chi connectivity index (χ3v) is 5.51. The number of nitrogens with one attached hydrogen (secondary N) is 2. The topological polar surface area (TPSA) is 32.9 Å². The van der Waals surface area contributed by atoms with Crippen LogP contribution in [0.25, 0.3) is 0 Å². The van der Waals surface area contributed by atoms with E-state index in [1.807, 2.05) is 12.1 Å². The number of hydrogen-bond acceptors (Lipinski definition) is 2. The highest BCUT2D eigenvalue weighted by Crippen LogP contribution is 2.17. The number of thiocarbonyl (C=S) groups is 1. The fourth-order valence-corrected chi connectivity index (χ4v) is 3.85. The van der Waals surface area contributed by atoms with Crippen molar-refractivity contribution in [1.82, 2.24) is 4.90 Å². The number of furan rings is 1. The Kier molecular flexibility index (Phi) is 7.09. The van der Waals surface area contributed by atoms with E-state index >= 15 is 0 Å². The molecule has 2 aromatic rings. The van der Waals surface area contributed by atoms with Crippen molar-refractivity contribution in [3.63, 3.8) is 0 Å². The Morgan fingerprint density at radius 2 is 1.96 bits per heavy atom. The molecule has 26 heavy (non-hydrogen) atoms. The van der Waals surface area contributed by atoms with Gasteiger partial charge in [-0.2, -0.15) is 0 Å². The average Bonchev–Trinajstić information content (AvgIpc) is 3.19. The van der Waals surface area contributed by atoms with Gasteiger partial charge >= 0.3 is 0 Å². The van der Waals surface area contributed by atoms with E-state index in [1.54, 1.807) is 11.2 Å². The standard InChI is InChI=1S/C21H29N3OS/c1-2-18-9-4-5-11-20(18)22-21(26)24(17-19-10-8-16-25-19)15-14-23-12-6-3-7-13-23/h4-5,8-11,16H,2-3,6-7,12-15,17H2,1H3,(H,22,26)/p+1. The zero-order chi connectivity index (χ0) is 18.2. The van der Waals surface area contributed by atoms with Gasteiger partial charge < -0.3 is 19.5 Å². The van der Waals surface area contributed by atoms with Gasteiger partial charge in [0.25, 0.3) is 0 Å². The highest BCUT2D eigenvalue weighted by molar-refractivity contribution is 7.80. The van der Waals surface area contributed by atoms with Crippen LogP contribution in [0.2, 0.25) is 0 Å². The maximum atomic E-state index is 5.77. The number of aryl methyl sites for hydroxylation is 1. The molecule has 1 fully saturated rings. The minimum Gasteiger partial charge on any atom is -0.467 e. The van der Waals surface area contributed by atoms with Crippen LogP contribution in [-0.4, -0.2) is 36.2 Å². The van der Waals surface area contributed by atoms with Crippen LogP contribution in [0.1, 0.15) is 37.5 Å². The van der Waals surface area contributed by atoms with Crippen LogP contribution in [-0.2, 0) is 13.0 Å². The SMILES string of the molecule is CCc1ccccc1NC(=S)N(CC[NH+]1CCCCC1)Cc1ccco1. The monoisotopic (exact) mass is 372 g/mol. The maximum absolute atomic E-state index is 5.77. The molecule has 1 aliphatic rings. The van der Waals surface area contributed by atoms with E-state index in [0.717, 1.165) is 36.1 Å². The normalized spacial score (nSPS) is 15.0. The van der Waals surface area contributed by atoms with Crippen molar-refractivity contribution < 1.29 is 9.32 Å². The molecule has 0 saturated carbocycles. The number of para-hydroxylation sites is 1. The molecule has 0 amide bonds. The van der Waals surface area contributed by atoms with E-state index in [2.05, 4.69) is 41.4 Å². The number of piperidine rings is 1. The Labute approximate surface area is 162 Å². The van der Waals surface area contributed by atoms with Crippen molar-refractivity contribution >= 4 is 23.0 Å². The average molecular weight is 373 g/mol. The third-order valence-electron chi connectivity index (χ3n) is 5.15. The second-order valence-corrected chi connectivity index (χ2v) is 7.39. The third kappa shape index (κ3) is 5.32. The molecule has 1 saturated heterocycles. The van der Waals surface area contributed by atoms with Gasteiger partial charge in [-0.3, -0.25) is 0 Å². The lowest BCUT2D eigenvalue weighted by Gasteiger charge is -2.29. The molecule has 5 heteroatoms. The molecule has 0 spiro atoms. The molecule has 0 aliphatic carbocycles. The Morgan fingerprint density at radius 3 is 2.69 bits per heavy atom. The molecule has 3 rings (SSSR count). The first kappa shape index (κ1) is 18.9. The number of anilines is 1. The number of benzene rings is 1. The molecule has 0 bridgehead atoms. The lowest BCUT2D eigenvalue weighted by molar-refractivity contribution is -0.904. The predicted molar refractivity (Wildman–Crippen MR) is 111 cm³/mol. The van der Waals surface area contributed by atoms with E-state index < -0.39 is 0 Å². The van der Waals surface area contributed by atoms with Crippen molar-refractivity contribution in [2.24, 2.45) is 0 Å². The lowest BCUT2D eigenvalue weighted by atomic mass is 10.1. The Morgan fingerprint density at radius 1 is 1.15 bits per heavy atom. The van der Waals surface area contributed by atoms with Gasteiger partial charge in [-0.15, -0.1) is 0 Å². The summed E-state index contributed by atoms with van der Waals surface area (Å²) in [5, 5.41) is 4.24. The molecule has 1 aromatic heterocycles. The van der Waals surface area contributed by atoms with E-state index in [1.165, 1.54) is 37.9 Å². The van der Waals surface area contributed by atoms with Crippen LogP contribution in [0.4, 0.5) is 5.69 Å². The number of likely N-dealkylation sites (tertiary alicyclic amines) is 1. The number of quaternary nitrogens is 1. The van der Waals surface area contributed by atoms with Gasteiger partial charge in [0, 0.05) is 5.69 Å². The van der Waals surface area contributed by atoms with Gasteiger partial charge in [0.15, 0.2) is 5.11 Å². The smallest absolute Gasteiger partial charge is 0.174 e. The summed E-state index contributed by atoms with van der Waals surface area (Å²) >= 11 is 5.77. The molecular formula is C21H30N3OS+. The van der Waals surface area contributed by atoms with Gasteiger partial charge in [0.1, 0.15) is 5.76 Å². The van der Waals surface area contributed by atoms with Crippen molar-refractivity contribution in [2.75, 3.05) is 31.5 Å². The van der Waals surface area contributed by atoms with Crippen molar-refractivity contribution in [2.45, 2.75) is 39.2 Å². The minimum absolute atomic E-state index is 0.709. The van der Waals surface area contributed by atoms with Crippen LogP contribution in [0.5, 0.6) is 0 Å². The summed E-state index contributed by atoms with van der Waals surface area (Å²) < 4.78 is 5.57. The largest absolute Gasteiger partial charge is 0.467 e. The van der Waals surface area contributed by atoms with Gasteiger partial charge in [0.05, 0.1) is 39.0 Å². The van der Waals surface area contributed by atoms with Crippen LogP contribution < -0.4 is 10.2 Å². The van der Waals surface area contributed by atoms with Crippen molar-refractivity contribution in [3.8, 4) is 0 Å². The fraction of sp³-hybridized carbons (Fsp3) is 0.476. The Balaban J connectivity index is 1.65. The maximum Gasteiger partial charge on any atom is 0.174 e. The van der Waals surface area contributed by atoms with Crippen molar-refractivity contribution in [3.05, 3.63) is 54.0 Å². The fourth-order valence-electron chi connectivity index (χ4n) is 3.58. The predicted octanol–water partition coefficient (Wildman–Crippen LogP) is 3.11. The number of nitrogens with zero attached hydrogens (tertiary/aromatic N) is 1. The minimum atomic E-state index is 0.709. The second kappa shape index (κ2) is 9.74. The lowest BCUT2D eigenvalue weighted by Crippen LogP contribution is -3.13. The molecule has 0 radical (unpaired) electrons. The highest BCUT2D eigenvalue weighted by atomic mass is 32.1. The molecule has 1 aromatic carbocycles. The zero-order valence-electron chi connectivity index (χ0n) is 15.7. The quantitative estimate of drug-likeness (QED) is 0.732. The Hall–Kier alpha value is -1.85. The molecule has 0 unspecified atom stereocenters. The first-order valence-corrected chi connectivity index (χ1v) is 10.2. The van der Waals surface area contributed by atoms with E-state index in [-0.39, 0.29) is 0 Å². The molecular weight excluding hydrogens is 342 g/mol. The molecule has 4 nitrogen and oxygen atoms in total. The van der Waals surface area contributed by atoms with Gasteiger partial charge in [-0.05, 0) is 61.7 Å². The zero-order valence-corrected chi connectivity index (χ0v) is 16.5. The van der Waals surface area contributed by atoms with Crippen LogP contribution in [0.3, 0.4) is 0 Å². The van der Waals surface area contributed by atoms with Gasteiger partial charge in [0.2, 0.25) is 0 Å². The first-order chi connectivity index (χ1) is 12.8. The van der Waals surface area contributed by atoms with Gasteiger partial charge in [-0.1, -0.05) is 25.1 Å². The first-order valence-electron chi connectivity index (χ1n) is 9.76. The van der Waals surface area contributed by atoms with E-state index in [0.29, 0.717) is 6.54 Å². The van der Waals surface area contributed by atoms with Crippen molar-refractivity contribution in [1.29, 1.82) is 0 Å². The Bertz CT molecular complexity index is 680. The summed E-state index contributed by atoms with van der Waals surface area (Å²) in [6, 6.07) is 12.3. The van der Waals surface area contributed by atoms with E-state index in [9.17, 15) is 0 Å². The molecule has 2 heterocycles. The summed E-state index contributed by atoms with van der Waals surface area (Å²) in [5.41, 5.74) is 2.39. The number of hydrogen-bond donors (Lipinski definition) is 2. The number of rotatable bonds is 7. The highest BCUT2D eigenvalue weighted by Gasteiger charge is 2.18. The summed E-state index contributed by atoms with van der Waals surface area (Å²) in [7, 11) is 0. The summed E-state index contributed by atoms with van der Waals surface area (Å²) in [6.45, 7) is 7.51. The summed E-state index contributed by atoms with van der Waals surface area (Å²) in [5.74, 6) is 0.951. The molecule has 0 atom stereocenters. The molecule has 140 valence electrons. The second-order valence-electron chi connectivity index (χ2n) is 7.00. The summed E-state index contributed by atoms with van der Waals surface area (Å²) in [4.78, 5) is 3.93. The van der Waals surface area contributed by atoms with Gasteiger partial charge in [-0.25, -0.2) is 0 Å². The van der Waals surface area contributed by atoms with Crippen LogP contribution in [0.15, 0.2) is 47.1 Å². The van der Waals surface area contributed by atoms with Crippen LogP contribution in [0, 0.1) is 0 Å². The molecule has 2 N–H and O–H groups in total. The summed E-state index contributed by atoms with van der Waals surface area (Å²) in [6.07, 6.45) is 6.79.